The quantitative estimate of drug-likeness (QED) is 0.745. The molecule has 1 aromatic heterocycles. The molecule has 2 aromatic rings. The zero-order valence-electron chi connectivity index (χ0n) is 12.2. The summed E-state index contributed by atoms with van der Waals surface area (Å²) in [6.45, 7) is 5.51. The monoisotopic (exact) mass is 355 g/mol. The third-order valence-corrected chi connectivity index (χ3v) is 4.14. The third kappa shape index (κ3) is 3.71. The van der Waals surface area contributed by atoms with E-state index < -0.39 is 0 Å². The summed E-state index contributed by atoms with van der Waals surface area (Å²) in [5.74, 6) is 0.945. The molecule has 0 amide bonds. The summed E-state index contributed by atoms with van der Waals surface area (Å²) in [5, 5.41) is 4.11. The molecule has 0 saturated carbocycles. The molecule has 5 heteroatoms. The van der Waals surface area contributed by atoms with Gasteiger partial charge in [-0.3, -0.25) is 0 Å². The topological polar surface area (TPSA) is 35.3 Å². The van der Waals surface area contributed by atoms with Gasteiger partial charge in [-0.15, -0.1) is 0 Å². The number of rotatable bonds is 2. The van der Waals surface area contributed by atoms with Crippen molar-refractivity contribution >= 4 is 15.9 Å². The number of ether oxygens (including phenoxy) is 1. The Morgan fingerprint density at radius 3 is 2.38 bits per heavy atom. The minimum Gasteiger partial charge on any atom is -0.381 e. The van der Waals surface area contributed by atoms with Gasteiger partial charge in [0.1, 0.15) is 11.5 Å². The normalized spacial score (nSPS) is 15.4. The van der Waals surface area contributed by atoms with Crippen molar-refractivity contribution in [3.05, 3.63) is 40.3 Å². The number of halogens is 2. The molecule has 0 N–H and O–H groups in total. The van der Waals surface area contributed by atoms with E-state index >= 15 is 0 Å². The van der Waals surface area contributed by atoms with E-state index in [2.05, 4.69) is 21.1 Å². The van der Waals surface area contributed by atoms with E-state index in [0.717, 1.165) is 47.5 Å². The molecule has 1 saturated heterocycles. The first-order chi connectivity index (χ1) is 10.3. The Morgan fingerprint density at radius 2 is 1.76 bits per heavy atom. The van der Waals surface area contributed by atoms with Crippen LogP contribution in [0.3, 0.4) is 0 Å². The summed E-state index contributed by atoms with van der Waals surface area (Å²) in [5.41, 5.74) is 1.57. The lowest BCUT2D eigenvalue weighted by Gasteiger charge is -2.19. The van der Waals surface area contributed by atoms with Crippen LogP contribution in [0, 0.1) is 5.82 Å². The first-order valence-electron chi connectivity index (χ1n) is 7.24. The number of nitrogens with zero attached hydrogens (tertiary/aromatic N) is 1. The Morgan fingerprint density at radius 1 is 1.14 bits per heavy atom. The molecule has 3 rings (SSSR count). The molecule has 114 valence electrons. The van der Waals surface area contributed by atoms with E-state index in [0.29, 0.717) is 5.92 Å². The fourth-order valence-electron chi connectivity index (χ4n) is 2.29. The number of hydrogen-bond donors (Lipinski definition) is 0. The van der Waals surface area contributed by atoms with E-state index in [1.165, 1.54) is 12.1 Å². The summed E-state index contributed by atoms with van der Waals surface area (Å²) in [4.78, 5) is 0. The molecule has 0 atom stereocenters. The molecular formula is C16H19BrFNO2. The highest BCUT2D eigenvalue weighted by Crippen LogP contribution is 2.38. The van der Waals surface area contributed by atoms with Crippen molar-refractivity contribution in [2.75, 3.05) is 13.2 Å². The number of benzene rings is 1. The zero-order chi connectivity index (χ0) is 15.2. The van der Waals surface area contributed by atoms with Crippen molar-refractivity contribution in [3.63, 3.8) is 0 Å². The van der Waals surface area contributed by atoms with E-state index in [1.807, 2.05) is 13.8 Å². The second-order valence-corrected chi connectivity index (χ2v) is 5.40. The first kappa shape index (κ1) is 16.2. The third-order valence-electron chi connectivity index (χ3n) is 3.37. The molecule has 1 aliphatic rings. The van der Waals surface area contributed by atoms with Crippen LogP contribution in [0.15, 0.2) is 33.3 Å². The van der Waals surface area contributed by atoms with Gasteiger partial charge < -0.3 is 9.26 Å². The van der Waals surface area contributed by atoms with Gasteiger partial charge in [0.2, 0.25) is 0 Å². The van der Waals surface area contributed by atoms with Crippen molar-refractivity contribution in [2.45, 2.75) is 32.6 Å². The average molecular weight is 356 g/mol. The van der Waals surface area contributed by atoms with Gasteiger partial charge in [0.25, 0.3) is 0 Å². The fraction of sp³-hybridized carbons (Fsp3) is 0.438. The molecule has 0 spiro atoms. The molecule has 1 aromatic carbocycles. The molecule has 0 bridgehead atoms. The van der Waals surface area contributed by atoms with Gasteiger partial charge in [-0.1, -0.05) is 19.0 Å². The van der Waals surface area contributed by atoms with Crippen LogP contribution in [-0.4, -0.2) is 18.4 Å². The van der Waals surface area contributed by atoms with Crippen LogP contribution in [0.4, 0.5) is 4.39 Å². The van der Waals surface area contributed by atoms with Gasteiger partial charge in [0.05, 0.1) is 4.47 Å². The van der Waals surface area contributed by atoms with Gasteiger partial charge in [-0.25, -0.2) is 4.39 Å². The van der Waals surface area contributed by atoms with Crippen LogP contribution in [0.1, 0.15) is 38.4 Å². The zero-order valence-corrected chi connectivity index (χ0v) is 13.8. The Kier molecular flexibility index (Phi) is 5.94. The highest BCUT2D eigenvalue weighted by molar-refractivity contribution is 9.10. The second-order valence-electron chi connectivity index (χ2n) is 4.60. The van der Waals surface area contributed by atoms with Crippen molar-refractivity contribution in [1.29, 1.82) is 0 Å². The Labute approximate surface area is 132 Å². The van der Waals surface area contributed by atoms with Crippen LogP contribution >= 0.6 is 15.9 Å². The van der Waals surface area contributed by atoms with Gasteiger partial charge in [0.15, 0.2) is 5.76 Å². The van der Waals surface area contributed by atoms with Crippen molar-refractivity contribution < 1.29 is 13.7 Å². The standard InChI is InChI=1S/C14H13BrFNO2.C2H6/c15-12-13(9-1-3-11(16)4-2-9)17-19-14(12)10-5-7-18-8-6-10;1-2/h1-4,10H,5-8H2;1-2H3. The Balaban J connectivity index is 0.000000774. The summed E-state index contributed by atoms with van der Waals surface area (Å²) >= 11 is 3.55. The van der Waals surface area contributed by atoms with Crippen LogP contribution in [-0.2, 0) is 4.74 Å². The number of aromatic nitrogens is 1. The predicted octanol–water partition coefficient (Wildman–Crippen LogP) is 5.16. The minimum absolute atomic E-state index is 0.256. The highest BCUT2D eigenvalue weighted by Gasteiger charge is 2.25. The average Bonchev–Trinajstić information content (AvgIpc) is 2.93. The lowest BCUT2D eigenvalue weighted by Crippen LogP contribution is -2.13. The van der Waals surface area contributed by atoms with Crippen LogP contribution in [0.25, 0.3) is 11.3 Å². The molecular weight excluding hydrogens is 337 g/mol. The van der Waals surface area contributed by atoms with E-state index in [4.69, 9.17) is 9.26 Å². The molecule has 0 aliphatic carbocycles. The van der Waals surface area contributed by atoms with E-state index in [-0.39, 0.29) is 5.82 Å². The number of hydrogen-bond acceptors (Lipinski definition) is 3. The van der Waals surface area contributed by atoms with Crippen molar-refractivity contribution in [1.82, 2.24) is 5.16 Å². The van der Waals surface area contributed by atoms with Crippen LogP contribution < -0.4 is 0 Å². The summed E-state index contributed by atoms with van der Waals surface area (Å²) in [7, 11) is 0. The molecule has 1 fully saturated rings. The molecule has 1 aliphatic heterocycles. The van der Waals surface area contributed by atoms with Gasteiger partial charge in [-0.05, 0) is 53.0 Å². The van der Waals surface area contributed by atoms with Crippen molar-refractivity contribution in [2.24, 2.45) is 0 Å². The van der Waals surface area contributed by atoms with Gasteiger partial charge in [-0.2, -0.15) is 0 Å². The lowest BCUT2D eigenvalue weighted by molar-refractivity contribution is 0.0789. The summed E-state index contributed by atoms with van der Waals surface area (Å²) in [6.07, 6.45) is 1.88. The predicted molar refractivity (Wildman–Crippen MR) is 83.7 cm³/mol. The minimum atomic E-state index is -0.256. The van der Waals surface area contributed by atoms with Gasteiger partial charge in [0, 0.05) is 24.7 Å². The maximum Gasteiger partial charge on any atom is 0.154 e. The van der Waals surface area contributed by atoms with E-state index in [1.54, 1.807) is 12.1 Å². The summed E-state index contributed by atoms with van der Waals surface area (Å²) < 4.78 is 24.6. The summed E-state index contributed by atoms with van der Waals surface area (Å²) in [6, 6.07) is 6.24. The second kappa shape index (κ2) is 7.71. The molecule has 0 unspecified atom stereocenters. The van der Waals surface area contributed by atoms with Crippen molar-refractivity contribution in [3.8, 4) is 11.3 Å². The lowest BCUT2D eigenvalue weighted by atomic mass is 9.97. The Bertz CT molecular complexity index is 562. The van der Waals surface area contributed by atoms with Gasteiger partial charge >= 0.3 is 0 Å². The molecule has 0 radical (unpaired) electrons. The molecule has 2 heterocycles. The first-order valence-corrected chi connectivity index (χ1v) is 8.04. The molecule has 21 heavy (non-hydrogen) atoms. The highest BCUT2D eigenvalue weighted by atomic mass is 79.9. The maximum absolute atomic E-state index is 12.9. The fourth-order valence-corrected chi connectivity index (χ4v) is 2.99. The Hall–Kier alpha value is -1.20. The van der Waals surface area contributed by atoms with Crippen LogP contribution in [0.2, 0.25) is 0 Å². The maximum atomic E-state index is 12.9. The van der Waals surface area contributed by atoms with Crippen LogP contribution in [0.5, 0.6) is 0 Å². The smallest absolute Gasteiger partial charge is 0.154 e. The van der Waals surface area contributed by atoms with E-state index in [9.17, 15) is 4.39 Å². The largest absolute Gasteiger partial charge is 0.381 e. The SMILES string of the molecule is CC.Fc1ccc(-c2noc(C3CCOCC3)c2Br)cc1. The molecule has 3 nitrogen and oxygen atoms in total.